The van der Waals surface area contributed by atoms with Gasteiger partial charge in [0, 0.05) is 6.54 Å². The summed E-state index contributed by atoms with van der Waals surface area (Å²) in [6.45, 7) is 4.97. The quantitative estimate of drug-likeness (QED) is 0.672. The van der Waals surface area contributed by atoms with E-state index in [-0.39, 0.29) is 5.91 Å². The first kappa shape index (κ1) is 16.7. The average Bonchev–Trinajstić information content (AvgIpc) is 2.47. The Morgan fingerprint density at radius 3 is 2.45 bits per heavy atom. The number of hydrogen-bond acceptors (Lipinski definition) is 2. The summed E-state index contributed by atoms with van der Waals surface area (Å²) >= 11 is 0. The van der Waals surface area contributed by atoms with Crippen molar-refractivity contribution in [1.29, 1.82) is 0 Å². The normalized spacial score (nSPS) is 23.3. The van der Waals surface area contributed by atoms with Crippen molar-refractivity contribution in [2.75, 3.05) is 6.54 Å². The lowest BCUT2D eigenvalue weighted by Gasteiger charge is -2.25. The van der Waals surface area contributed by atoms with E-state index in [9.17, 15) is 14.7 Å². The first-order valence-electron chi connectivity index (χ1n) is 7.75. The molecule has 0 spiro atoms. The molecule has 0 fully saturated rings. The minimum absolute atomic E-state index is 0.100. The smallest absolute Gasteiger partial charge is 0.307 e. The number of hydrogen-bond donors (Lipinski definition) is 2. The molecule has 1 rings (SSSR count). The van der Waals surface area contributed by atoms with Crippen LogP contribution >= 0.6 is 0 Å². The number of amides is 1. The molecule has 0 heterocycles. The number of aliphatic carboxylic acids is 1. The van der Waals surface area contributed by atoms with Gasteiger partial charge in [0.25, 0.3) is 0 Å². The molecule has 0 aliphatic heterocycles. The Labute approximate surface area is 121 Å². The molecule has 20 heavy (non-hydrogen) atoms. The third-order valence-electron chi connectivity index (χ3n) is 4.19. The van der Waals surface area contributed by atoms with Crippen molar-refractivity contribution < 1.29 is 14.7 Å². The van der Waals surface area contributed by atoms with Crippen LogP contribution < -0.4 is 5.32 Å². The van der Waals surface area contributed by atoms with Crippen LogP contribution in [0.1, 0.15) is 52.4 Å². The van der Waals surface area contributed by atoms with Gasteiger partial charge in [-0.1, -0.05) is 45.3 Å². The molecule has 1 amide bonds. The molecule has 1 aliphatic carbocycles. The summed E-state index contributed by atoms with van der Waals surface area (Å²) in [5.74, 6) is -1.46. The monoisotopic (exact) mass is 281 g/mol. The van der Waals surface area contributed by atoms with Crippen LogP contribution in [0, 0.1) is 17.8 Å². The largest absolute Gasteiger partial charge is 0.481 e. The average molecular weight is 281 g/mol. The van der Waals surface area contributed by atoms with Gasteiger partial charge in [0.1, 0.15) is 0 Å². The van der Waals surface area contributed by atoms with Crippen LogP contribution in [0.2, 0.25) is 0 Å². The Morgan fingerprint density at radius 1 is 1.25 bits per heavy atom. The molecule has 0 saturated heterocycles. The Balaban J connectivity index is 2.48. The number of carboxylic acid groups (broad SMARTS) is 1. The first-order valence-corrected chi connectivity index (χ1v) is 7.75. The van der Waals surface area contributed by atoms with Gasteiger partial charge in [0.2, 0.25) is 5.91 Å². The van der Waals surface area contributed by atoms with E-state index in [1.165, 1.54) is 12.8 Å². The number of allylic oxidation sites excluding steroid dienone is 2. The number of unbranched alkanes of at least 4 members (excludes halogenated alkanes) is 1. The molecule has 4 nitrogen and oxygen atoms in total. The van der Waals surface area contributed by atoms with Crippen LogP contribution in [0.3, 0.4) is 0 Å². The highest BCUT2D eigenvalue weighted by Crippen LogP contribution is 2.26. The summed E-state index contributed by atoms with van der Waals surface area (Å²) in [5.41, 5.74) is 0. The van der Waals surface area contributed by atoms with E-state index in [1.807, 2.05) is 12.2 Å². The van der Waals surface area contributed by atoms with E-state index in [1.54, 1.807) is 0 Å². The molecule has 114 valence electrons. The van der Waals surface area contributed by atoms with E-state index in [0.717, 1.165) is 12.8 Å². The predicted molar refractivity (Wildman–Crippen MR) is 79.3 cm³/mol. The maximum atomic E-state index is 12.2. The Morgan fingerprint density at radius 2 is 1.90 bits per heavy atom. The molecule has 0 saturated carbocycles. The molecule has 0 aromatic carbocycles. The second-order valence-corrected chi connectivity index (χ2v) is 5.66. The summed E-state index contributed by atoms with van der Waals surface area (Å²) in [7, 11) is 0. The molecule has 1 aliphatic rings. The number of carbonyl (C=O) groups is 2. The van der Waals surface area contributed by atoms with Crippen molar-refractivity contribution in [3.63, 3.8) is 0 Å². The highest BCUT2D eigenvalue weighted by molar-refractivity contribution is 5.85. The molecule has 0 radical (unpaired) electrons. The van der Waals surface area contributed by atoms with E-state index in [0.29, 0.717) is 25.3 Å². The SMILES string of the molecule is CCCC[C@H](CC)CNC(=O)[C@H]1CC=CC[C@@H]1C(=O)O. The van der Waals surface area contributed by atoms with Gasteiger partial charge >= 0.3 is 5.97 Å². The maximum absolute atomic E-state index is 12.2. The fraction of sp³-hybridized carbons (Fsp3) is 0.750. The van der Waals surface area contributed by atoms with Crippen LogP contribution in [0.15, 0.2) is 12.2 Å². The molecular weight excluding hydrogens is 254 g/mol. The van der Waals surface area contributed by atoms with Gasteiger partial charge in [0.15, 0.2) is 0 Å². The number of carbonyl (C=O) groups excluding carboxylic acids is 1. The lowest BCUT2D eigenvalue weighted by molar-refractivity contribution is -0.147. The zero-order chi connectivity index (χ0) is 15.0. The Bertz CT molecular complexity index is 352. The lowest BCUT2D eigenvalue weighted by Crippen LogP contribution is -2.40. The van der Waals surface area contributed by atoms with Gasteiger partial charge in [-0.15, -0.1) is 0 Å². The van der Waals surface area contributed by atoms with Gasteiger partial charge in [-0.3, -0.25) is 9.59 Å². The third kappa shape index (κ3) is 4.99. The topological polar surface area (TPSA) is 66.4 Å². The summed E-state index contributed by atoms with van der Waals surface area (Å²) in [6.07, 6.45) is 9.29. The van der Waals surface area contributed by atoms with Gasteiger partial charge in [-0.2, -0.15) is 0 Å². The van der Waals surface area contributed by atoms with Crippen LogP contribution in [0.4, 0.5) is 0 Å². The number of rotatable bonds is 8. The Hall–Kier alpha value is -1.32. The van der Waals surface area contributed by atoms with Crippen molar-refractivity contribution >= 4 is 11.9 Å². The summed E-state index contributed by atoms with van der Waals surface area (Å²) in [5, 5.41) is 12.1. The van der Waals surface area contributed by atoms with Crippen LogP contribution in [-0.4, -0.2) is 23.5 Å². The van der Waals surface area contributed by atoms with Crippen molar-refractivity contribution in [2.45, 2.75) is 52.4 Å². The molecule has 0 aromatic rings. The highest BCUT2D eigenvalue weighted by atomic mass is 16.4. The highest BCUT2D eigenvalue weighted by Gasteiger charge is 2.33. The van der Waals surface area contributed by atoms with E-state index < -0.39 is 17.8 Å². The van der Waals surface area contributed by atoms with E-state index >= 15 is 0 Å². The molecule has 3 atom stereocenters. The van der Waals surface area contributed by atoms with Crippen molar-refractivity contribution in [1.82, 2.24) is 5.32 Å². The predicted octanol–water partition coefficient (Wildman–Crippen LogP) is 2.99. The molecule has 0 bridgehead atoms. The summed E-state index contributed by atoms with van der Waals surface area (Å²) in [6, 6.07) is 0. The number of nitrogens with one attached hydrogen (secondary N) is 1. The van der Waals surface area contributed by atoms with Crippen LogP contribution in [0.25, 0.3) is 0 Å². The second-order valence-electron chi connectivity index (χ2n) is 5.66. The molecule has 0 unspecified atom stereocenters. The lowest BCUT2D eigenvalue weighted by atomic mass is 9.82. The van der Waals surface area contributed by atoms with Crippen molar-refractivity contribution in [3.8, 4) is 0 Å². The van der Waals surface area contributed by atoms with Crippen molar-refractivity contribution in [2.24, 2.45) is 17.8 Å². The van der Waals surface area contributed by atoms with E-state index in [4.69, 9.17) is 0 Å². The molecule has 4 heteroatoms. The molecular formula is C16H27NO3. The van der Waals surface area contributed by atoms with Gasteiger partial charge < -0.3 is 10.4 Å². The van der Waals surface area contributed by atoms with Gasteiger partial charge in [-0.25, -0.2) is 0 Å². The third-order valence-corrected chi connectivity index (χ3v) is 4.19. The second kappa shape index (κ2) is 8.77. The zero-order valence-electron chi connectivity index (χ0n) is 12.6. The maximum Gasteiger partial charge on any atom is 0.307 e. The van der Waals surface area contributed by atoms with Crippen LogP contribution in [0.5, 0.6) is 0 Å². The fourth-order valence-corrected chi connectivity index (χ4v) is 2.70. The van der Waals surface area contributed by atoms with Crippen LogP contribution in [-0.2, 0) is 9.59 Å². The van der Waals surface area contributed by atoms with E-state index in [2.05, 4.69) is 19.2 Å². The van der Waals surface area contributed by atoms with Crippen molar-refractivity contribution in [3.05, 3.63) is 12.2 Å². The minimum Gasteiger partial charge on any atom is -0.481 e. The fourth-order valence-electron chi connectivity index (χ4n) is 2.70. The number of carboxylic acids is 1. The van der Waals surface area contributed by atoms with Gasteiger partial charge in [-0.05, 0) is 25.2 Å². The zero-order valence-corrected chi connectivity index (χ0v) is 12.6. The summed E-state index contributed by atoms with van der Waals surface area (Å²) in [4.78, 5) is 23.4. The standard InChI is InChI=1S/C16H27NO3/c1-3-5-8-12(4-2)11-17-15(18)13-9-6-7-10-14(13)16(19)20/h6-7,12-14H,3-5,8-11H2,1-2H3,(H,17,18)(H,19,20)/t12-,13-,14-/m0/s1. The summed E-state index contributed by atoms with van der Waals surface area (Å²) < 4.78 is 0. The minimum atomic E-state index is -0.868. The van der Waals surface area contributed by atoms with Gasteiger partial charge in [0.05, 0.1) is 11.8 Å². The first-order chi connectivity index (χ1) is 9.60. The molecule has 2 N–H and O–H groups in total. The Kier molecular flexibility index (Phi) is 7.34. The molecule has 0 aromatic heterocycles.